The molecule has 0 aliphatic heterocycles. The fourth-order valence-corrected chi connectivity index (χ4v) is 1.88. The van der Waals surface area contributed by atoms with Crippen LogP contribution in [0.2, 0.25) is 5.02 Å². The average Bonchev–Trinajstić information content (AvgIpc) is 3.09. The summed E-state index contributed by atoms with van der Waals surface area (Å²) in [6, 6.07) is 7.26. The topological polar surface area (TPSA) is 77.0 Å². The van der Waals surface area contributed by atoms with Gasteiger partial charge in [-0.05, 0) is 24.3 Å². The third kappa shape index (κ3) is 2.71. The van der Waals surface area contributed by atoms with Crippen LogP contribution in [0, 0.1) is 0 Å². The van der Waals surface area contributed by atoms with E-state index in [4.69, 9.17) is 21.1 Å². The maximum Gasteiger partial charge on any atom is 0.226 e. The van der Waals surface area contributed by atoms with Gasteiger partial charge in [-0.2, -0.15) is 0 Å². The SMILES string of the molecule is OCc1cn(Cc2coc(-c3ccc(Cl)cc3)n2)nn1. The van der Waals surface area contributed by atoms with Crippen LogP contribution in [0.4, 0.5) is 0 Å². The van der Waals surface area contributed by atoms with Crippen LogP contribution >= 0.6 is 11.6 Å². The number of aromatic nitrogens is 4. The molecule has 0 fully saturated rings. The van der Waals surface area contributed by atoms with Gasteiger partial charge in [0, 0.05) is 10.6 Å². The molecule has 1 N–H and O–H groups in total. The Hall–Kier alpha value is -2.18. The third-order valence-electron chi connectivity index (χ3n) is 2.72. The van der Waals surface area contributed by atoms with E-state index in [9.17, 15) is 0 Å². The van der Waals surface area contributed by atoms with Crippen molar-refractivity contribution < 1.29 is 9.52 Å². The van der Waals surface area contributed by atoms with Crippen LogP contribution in [-0.2, 0) is 13.2 Å². The van der Waals surface area contributed by atoms with Crippen LogP contribution in [0.1, 0.15) is 11.4 Å². The van der Waals surface area contributed by atoms with Crippen LogP contribution in [0.15, 0.2) is 41.1 Å². The fraction of sp³-hybridized carbons (Fsp3) is 0.154. The first kappa shape index (κ1) is 12.8. The number of hydrogen-bond donors (Lipinski definition) is 1. The summed E-state index contributed by atoms with van der Waals surface area (Å²) in [4.78, 5) is 4.38. The summed E-state index contributed by atoms with van der Waals surface area (Å²) >= 11 is 5.84. The van der Waals surface area contributed by atoms with Crippen molar-refractivity contribution in [2.75, 3.05) is 0 Å². The van der Waals surface area contributed by atoms with Crippen molar-refractivity contribution in [2.24, 2.45) is 0 Å². The van der Waals surface area contributed by atoms with Crippen molar-refractivity contribution in [3.63, 3.8) is 0 Å². The van der Waals surface area contributed by atoms with E-state index in [1.807, 2.05) is 12.1 Å². The Morgan fingerprint density at radius 1 is 1.20 bits per heavy atom. The van der Waals surface area contributed by atoms with Crippen molar-refractivity contribution >= 4 is 11.6 Å². The van der Waals surface area contributed by atoms with Crippen LogP contribution in [0.25, 0.3) is 11.5 Å². The first-order valence-corrected chi connectivity index (χ1v) is 6.32. The molecule has 3 rings (SSSR count). The lowest BCUT2D eigenvalue weighted by Gasteiger charge is -1.95. The van der Waals surface area contributed by atoms with Crippen molar-refractivity contribution in [1.82, 2.24) is 20.0 Å². The Labute approximate surface area is 119 Å². The van der Waals surface area contributed by atoms with E-state index in [0.29, 0.717) is 23.2 Å². The van der Waals surface area contributed by atoms with E-state index < -0.39 is 0 Å². The van der Waals surface area contributed by atoms with Gasteiger partial charge in [0.15, 0.2) is 0 Å². The number of hydrogen-bond acceptors (Lipinski definition) is 5. The molecule has 1 aromatic carbocycles. The number of oxazole rings is 1. The Morgan fingerprint density at radius 2 is 2.00 bits per heavy atom. The van der Waals surface area contributed by atoms with Gasteiger partial charge in [0.1, 0.15) is 17.7 Å². The van der Waals surface area contributed by atoms with E-state index in [1.54, 1.807) is 29.3 Å². The van der Waals surface area contributed by atoms with Gasteiger partial charge >= 0.3 is 0 Å². The largest absolute Gasteiger partial charge is 0.444 e. The van der Waals surface area contributed by atoms with Gasteiger partial charge in [0.2, 0.25) is 5.89 Å². The smallest absolute Gasteiger partial charge is 0.226 e. The Balaban J connectivity index is 1.78. The molecule has 0 bridgehead atoms. The first-order valence-electron chi connectivity index (χ1n) is 5.95. The second kappa shape index (κ2) is 5.44. The molecule has 0 aliphatic rings. The highest BCUT2D eigenvalue weighted by atomic mass is 35.5. The number of aliphatic hydroxyl groups is 1. The van der Waals surface area contributed by atoms with Gasteiger partial charge < -0.3 is 9.52 Å². The minimum absolute atomic E-state index is 0.130. The quantitative estimate of drug-likeness (QED) is 0.796. The Morgan fingerprint density at radius 3 is 2.70 bits per heavy atom. The van der Waals surface area contributed by atoms with Crippen molar-refractivity contribution in [3.05, 3.63) is 53.1 Å². The molecular weight excluding hydrogens is 280 g/mol. The second-order valence-electron chi connectivity index (χ2n) is 4.22. The van der Waals surface area contributed by atoms with Crippen molar-refractivity contribution in [2.45, 2.75) is 13.2 Å². The number of halogens is 1. The van der Waals surface area contributed by atoms with Gasteiger partial charge in [0.25, 0.3) is 0 Å². The first-order chi connectivity index (χ1) is 9.74. The molecule has 0 saturated carbocycles. The van der Waals surface area contributed by atoms with Gasteiger partial charge in [0.05, 0.1) is 19.3 Å². The van der Waals surface area contributed by atoms with Gasteiger partial charge in [-0.15, -0.1) is 5.10 Å². The van der Waals surface area contributed by atoms with E-state index >= 15 is 0 Å². The molecule has 7 heteroatoms. The standard InChI is InChI=1S/C13H11ClN4O2/c14-10-3-1-9(2-4-10)13-15-12(8-20-13)6-18-5-11(7-19)16-17-18/h1-5,8,19H,6-7H2. The third-order valence-corrected chi connectivity index (χ3v) is 2.97. The van der Waals surface area contributed by atoms with Gasteiger partial charge in [-0.1, -0.05) is 16.8 Å². The average molecular weight is 291 g/mol. The molecule has 0 aliphatic carbocycles. The zero-order valence-corrected chi connectivity index (χ0v) is 11.2. The zero-order chi connectivity index (χ0) is 13.9. The summed E-state index contributed by atoms with van der Waals surface area (Å²) in [7, 11) is 0. The molecule has 0 amide bonds. The van der Waals surface area contributed by atoms with Crippen LogP contribution < -0.4 is 0 Å². The monoisotopic (exact) mass is 290 g/mol. The highest BCUT2D eigenvalue weighted by molar-refractivity contribution is 6.30. The van der Waals surface area contributed by atoms with Gasteiger partial charge in [-0.25, -0.2) is 9.67 Å². The normalized spacial score (nSPS) is 10.9. The molecule has 0 saturated heterocycles. The summed E-state index contributed by atoms with van der Waals surface area (Å²) < 4.78 is 7.02. The summed E-state index contributed by atoms with van der Waals surface area (Å²) in [5, 5.41) is 17.3. The number of benzene rings is 1. The number of rotatable bonds is 4. The van der Waals surface area contributed by atoms with Crippen molar-refractivity contribution in [1.29, 1.82) is 0 Å². The molecule has 102 valence electrons. The molecule has 0 radical (unpaired) electrons. The van der Waals surface area contributed by atoms with Crippen LogP contribution in [0.5, 0.6) is 0 Å². The van der Waals surface area contributed by atoms with Crippen LogP contribution in [0.3, 0.4) is 0 Å². The van der Waals surface area contributed by atoms with E-state index in [1.165, 1.54) is 0 Å². The highest BCUT2D eigenvalue weighted by Crippen LogP contribution is 2.21. The Kier molecular flexibility index (Phi) is 3.49. The van der Waals surface area contributed by atoms with Crippen molar-refractivity contribution in [3.8, 4) is 11.5 Å². The lowest BCUT2D eigenvalue weighted by Crippen LogP contribution is -2.00. The Bertz CT molecular complexity index is 705. The lowest BCUT2D eigenvalue weighted by molar-refractivity contribution is 0.276. The van der Waals surface area contributed by atoms with E-state index in [-0.39, 0.29) is 6.61 Å². The predicted octanol–water partition coefficient (Wildman–Crippen LogP) is 2.13. The second-order valence-corrected chi connectivity index (χ2v) is 4.65. The molecule has 20 heavy (non-hydrogen) atoms. The minimum Gasteiger partial charge on any atom is -0.444 e. The minimum atomic E-state index is -0.130. The summed E-state index contributed by atoms with van der Waals surface area (Å²) in [6.07, 6.45) is 3.24. The summed E-state index contributed by atoms with van der Waals surface area (Å²) in [5.41, 5.74) is 2.10. The lowest BCUT2D eigenvalue weighted by atomic mass is 10.2. The number of aliphatic hydroxyl groups excluding tert-OH is 1. The predicted molar refractivity (Wildman–Crippen MR) is 72.0 cm³/mol. The molecule has 2 heterocycles. The molecule has 0 atom stereocenters. The zero-order valence-electron chi connectivity index (χ0n) is 10.4. The number of nitrogens with zero attached hydrogens (tertiary/aromatic N) is 4. The van der Waals surface area contributed by atoms with Crippen LogP contribution in [-0.4, -0.2) is 25.1 Å². The molecule has 3 aromatic rings. The molecule has 0 spiro atoms. The summed E-state index contributed by atoms with van der Waals surface area (Å²) in [5.74, 6) is 0.527. The summed E-state index contributed by atoms with van der Waals surface area (Å²) in [6.45, 7) is 0.304. The van der Waals surface area contributed by atoms with E-state index in [0.717, 1.165) is 11.3 Å². The van der Waals surface area contributed by atoms with E-state index in [2.05, 4.69) is 15.3 Å². The van der Waals surface area contributed by atoms with Gasteiger partial charge in [-0.3, -0.25) is 0 Å². The molecule has 2 aromatic heterocycles. The maximum atomic E-state index is 8.93. The maximum absolute atomic E-state index is 8.93. The highest BCUT2D eigenvalue weighted by Gasteiger charge is 2.08. The molecule has 0 unspecified atom stereocenters. The molecular formula is C13H11ClN4O2. The molecule has 6 nitrogen and oxygen atoms in total. The fourth-order valence-electron chi connectivity index (χ4n) is 1.76.